The van der Waals surface area contributed by atoms with E-state index in [2.05, 4.69) is 6.92 Å². The fourth-order valence-corrected chi connectivity index (χ4v) is 3.33. The average Bonchev–Trinajstić information content (AvgIpc) is 2.72. The van der Waals surface area contributed by atoms with Crippen LogP contribution >= 0.6 is 23.2 Å². The van der Waals surface area contributed by atoms with Gasteiger partial charge in [0.2, 0.25) is 0 Å². The van der Waals surface area contributed by atoms with Gasteiger partial charge in [0.15, 0.2) is 0 Å². The van der Waals surface area contributed by atoms with E-state index in [1.54, 1.807) is 6.07 Å². The van der Waals surface area contributed by atoms with Crippen LogP contribution in [0.25, 0.3) is 16.7 Å². The van der Waals surface area contributed by atoms with Crippen LogP contribution in [0.1, 0.15) is 23.6 Å². The van der Waals surface area contributed by atoms with Gasteiger partial charge in [0.1, 0.15) is 0 Å². The van der Waals surface area contributed by atoms with E-state index in [9.17, 15) is 4.79 Å². The molecule has 21 heavy (non-hydrogen) atoms. The molecule has 0 unspecified atom stereocenters. The van der Waals surface area contributed by atoms with E-state index in [0.717, 1.165) is 34.2 Å². The molecule has 3 rings (SSSR count). The van der Waals surface area contributed by atoms with Gasteiger partial charge in [-0.05, 0) is 46.4 Å². The van der Waals surface area contributed by atoms with Crippen molar-refractivity contribution >= 4 is 34.7 Å². The van der Waals surface area contributed by atoms with Gasteiger partial charge >= 0.3 is 5.97 Å². The molecule has 0 saturated carbocycles. The van der Waals surface area contributed by atoms with E-state index in [0.29, 0.717) is 15.6 Å². The molecule has 0 heterocycles. The Labute approximate surface area is 132 Å². The first-order chi connectivity index (χ1) is 10.0. The monoisotopic (exact) mass is 318 g/mol. The summed E-state index contributed by atoms with van der Waals surface area (Å²) >= 11 is 12.4. The second-order valence-corrected chi connectivity index (χ2v) is 5.78. The predicted molar refractivity (Wildman–Crippen MR) is 86.0 cm³/mol. The maximum atomic E-state index is 11.2. The Bertz CT molecular complexity index is 792. The number of aliphatic carboxylic acids is 1. The summed E-state index contributed by atoms with van der Waals surface area (Å²) in [6.07, 6.45) is 2.10. The number of benzene rings is 2. The van der Waals surface area contributed by atoms with Gasteiger partial charge in [-0.15, -0.1) is 0 Å². The van der Waals surface area contributed by atoms with Crippen molar-refractivity contribution in [3.63, 3.8) is 0 Å². The number of rotatable bonds is 2. The Kier molecular flexibility index (Phi) is 3.52. The van der Waals surface area contributed by atoms with Crippen LogP contribution in [0.4, 0.5) is 0 Å². The number of hydrogen-bond acceptors (Lipinski definition) is 1. The smallest absolute Gasteiger partial charge is 0.328 e. The van der Waals surface area contributed by atoms with E-state index in [1.165, 1.54) is 6.08 Å². The van der Waals surface area contributed by atoms with Gasteiger partial charge < -0.3 is 5.11 Å². The second-order valence-electron chi connectivity index (χ2n) is 4.94. The minimum absolute atomic E-state index is 0.472. The molecule has 2 nitrogen and oxygen atoms in total. The zero-order valence-electron chi connectivity index (χ0n) is 11.3. The van der Waals surface area contributed by atoms with E-state index in [1.807, 2.05) is 24.3 Å². The molecule has 2 aromatic rings. The van der Waals surface area contributed by atoms with Crippen molar-refractivity contribution in [2.75, 3.05) is 0 Å². The van der Waals surface area contributed by atoms with Crippen molar-refractivity contribution in [2.24, 2.45) is 0 Å². The van der Waals surface area contributed by atoms with Crippen molar-refractivity contribution in [1.82, 2.24) is 0 Å². The lowest BCUT2D eigenvalue weighted by Crippen LogP contribution is -1.93. The third-order valence-corrected chi connectivity index (χ3v) is 4.18. The van der Waals surface area contributed by atoms with Crippen molar-refractivity contribution in [3.05, 3.63) is 63.1 Å². The third-order valence-electron chi connectivity index (χ3n) is 3.66. The van der Waals surface area contributed by atoms with Crippen molar-refractivity contribution < 1.29 is 9.90 Å². The zero-order chi connectivity index (χ0) is 15.1. The highest BCUT2D eigenvalue weighted by Crippen LogP contribution is 2.48. The van der Waals surface area contributed by atoms with Gasteiger partial charge in [0, 0.05) is 16.7 Å². The van der Waals surface area contributed by atoms with E-state index in [4.69, 9.17) is 28.3 Å². The number of fused-ring (bicyclic) bond motifs is 3. The van der Waals surface area contributed by atoms with E-state index in [-0.39, 0.29) is 0 Å². The van der Waals surface area contributed by atoms with Gasteiger partial charge in [0.05, 0.1) is 5.02 Å². The van der Waals surface area contributed by atoms with Crippen LogP contribution in [0.2, 0.25) is 10.0 Å². The molecule has 0 atom stereocenters. The molecule has 0 fully saturated rings. The number of halogens is 2. The van der Waals surface area contributed by atoms with Crippen LogP contribution < -0.4 is 0 Å². The second kappa shape index (κ2) is 5.21. The Morgan fingerprint density at radius 1 is 1.14 bits per heavy atom. The van der Waals surface area contributed by atoms with E-state index < -0.39 is 5.97 Å². The van der Waals surface area contributed by atoms with Gasteiger partial charge in [-0.1, -0.05) is 48.3 Å². The summed E-state index contributed by atoms with van der Waals surface area (Å²) in [4.78, 5) is 11.2. The van der Waals surface area contributed by atoms with Gasteiger partial charge in [0.25, 0.3) is 0 Å². The number of carboxylic acids is 1. The quantitative estimate of drug-likeness (QED) is 0.671. The maximum Gasteiger partial charge on any atom is 0.328 e. The molecule has 1 N–H and O–H groups in total. The standard InChI is InChI=1S/C17H12Cl2O2/c1-2-9-3-4-11-12(5-9)14(8-16(20)21)17-13(11)6-10(18)7-15(17)19/h3-8H,2H2,1H3,(H,20,21)/b14-8+. The van der Waals surface area contributed by atoms with Gasteiger partial charge in [-0.25, -0.2) is 4.79 Å². The molecule has 1 aliphatic rings. The zero-order valence-corrected chi connectivity index (χ0v) is 12.8. The van der Waals surface area contributed by atoms with Crippen molar-refractivity contribution in [2.45, 2.75) is 13.3 Å². The number of carboxylic acid groups (broad SMARTS) is 1. The molecule has 0 aromatic heterocycles. The van der Waals surface area contributed by atoms with Gasteiger partial charge in [-0.2, -0.15) is 0 Å². The molecule has 0 aliphatic heterocycles. The average molecular weight is 319 g/mol. The molecule has 0 bridgehead atoms. The highest BCUT2D eigenvalue weighted by atomic mass is 35.5. The summed E-state index contributed by atoms with van der Waals surface area (Å²) in [6.45, 7) is 2.06. The lowest BCUT2D eigenvalue weighted by Gasteiger charge is -2.05. The number of aryl methyl sites for hydroxylation is 1. The summed E-state index contributed by atoms with van der Waals surface area (Å²) < 4.78 is 0. The Morgan fingerprint density at radius 3 is 2.57 bits per heavy atom. The number of carbonyl (C=O) groups is 1. The van der Waals surface area contributed by atoms with Crippen LogP contribution in [-0.2, 0) is 11.2 Å². The lowest BCUT2D eigenvalue weighted by molar-refractivity contribution is -0.131. The first-order valence-corrected chi connectivity index (χ1v) is 7.34. The number of hydrogen-bond donors (Lipinski definition) is 1. The highest BCUT2D eigenvalue weighted by Gasteiger charge is 2.27. The van der Waals surface area contributed by atoms with Gasteiger partial charge in [-0.3, -0.25) is 0 Å². The van der Waals surface area contributed by atoms with Crippen LogP contribution in [0.3, 0.4) is 0 Å². The fourth-order valence-electron chi connectivity index (χ4n) is 2.74. The van der Waals surface area contributed by atoms with Crippen LogP contribution in [0.5, 0.6) is 0 Å². The molecule has 2 aromatic carbocycles. The molecule has 106 valence electrons. The highest BCUT2D eigenvalue weighted by molar-refractivity contribution is 6.37. The molecule has 4 heteroatoms. The molecule has 0 amide bonds. The topological polar surface area (TPSA) is 37.3 Å². The minimum atomic E-state index is -0.989. The molecule has 0 saturated heterocycles. The first-order valence-electron chi connectivity index (χ1n) is 6.59. The van der Waals surface area contributed by atoms with Crippen LogP contribution in [0, 0.1) is 0 Å². The lowest BCUT2D eigenvalue weighted by atomic mass is 10.0. The fraction of sp³-hybridized carbons (Fsp3) is 0.118. The van der Waals surface area contributed by atoms with E-state index >= 15 is 0 Å². The Hall–Kier alpha value is -1.77. The molecule has 0 spiro atoms. The third kappa shape index (κ3) is 2.35. The normalized spacial score (nSPS) is 14.1. The Morgan fingerprint density at radius 2 is 1.90 bits per heavy atom. The molecular formula is C17H12Cl2O2. The summed E-state index contributed by atoms with van der Waals surface area (Å²) in [5.74, 6) is -0.989. The summed E-state index contributed by atoms with van der Waals surface area (Å²) in [5, 5.41) is 10.2. The largest absolute Gasteiger partial charge is 0.478 e. The minimum Gasteiger partial charge on any atom is -0.478 e. The SMILES string of the molecule is CCc1ccc2c(c1)/C(=C\C(=O)O)c1c(Cl)cc(Cl)cc1-2. The van der Waals surface area contributed by atoms with Crippen molar-refractivity contribution in [1.29, 1.82) is 0 Å². The molecular weight excluding hydrogens is 307 g/mol. The van der Waals surface area contributed by atoms with Crippen molar-refractivity contribution in [3.8, 4) is 11.1 Å². The van der Waals surface area contributed by atoms with Crippen LogP contribution in [0.15, 0.2) is 36.4 Å². The molecule has 0 radical (unpaired) electrons. The molecule has 1 aliphatic carbocycles. The summed E-state index contributed by atoms with van der Waals surface area (Å²) in [7, 11) is 0. The first kappa shape index (κ1) is 14.2. The van der Waals surface area contributed by atoms with Crippen LogP contribution in [-0.4, -0.2) is 11.1 Å². The summed E-state index contributed by atoms with van der Waals surface area (Å²) in [5.41, 5.74) is 5.30. The maximum absolute atomic E-state index is 11.2. The summed E-state index contributed by atoms with van der Waals surface area (Å²) in [6, 6.07) is 9.54. The predicted octanol–water partition coefficient (Wildman–Crippen LogP) is 5.05. The Balaban J connectivity index is 2.37.